The molecule has 2 rings (SSSR count). The van der Waals surface area contributed by atoms with Crippen LogP contribution in [-0.2, 0) is 4.79 Å². The number of hydrazine groups is 1. The molecule has 168 valence electrons. The van der Waals surface area contributed by atoms with Crippen molar-refractivity contribution in [2.24, 2.45) is 0 Å². The van der Waals surface area contributed by atoms with Gasteiger partial charge in [-0.2, -0.15) is 0 Å². The molecule has 0 aliphatic rings. The first-order chi connectivity index (χ1) is 14.9. The SMILES string of the molecule is CCOc1cc(C(=O)NNC(=O)COc2ccc(F)cc2F)cc(OCC)c1OCC. The van der Waals surface area contributed by atoms with E-state index in [1.807, 2.05) is 6.92 Å². The fourth-order valence-electron chi connectivity index (χ4n) is 2.49. The summed E-state index contributed by atoms with van der Waals surface area (Å²) < 4.78 is 48.1. The van der Waals surface area contributed by atoms with Gasteiger partial charge in [-0.05, 0) is 45.0 Å². The summed E-state index contributed by atoms with van der Waals surface area (Å²) in [5, 5.41) is 0. The molecule has 0 spiro atoms. The van der Waals surface area contributed by atoms with Crippen LogP contribution in [0, 0.1) is 11.6 Å². The van der Waals surface area contributed by atoms with Crippen LogP contribution in [-0.4, -0.2) is 38.2 Å². The summed E-state index contributed by atoms with van der Waals surface area (Å²) in [5.74, 6) is -2.39. The number of carbonyl (C=O) groups excluding carboxylic acids is 2. The summed E-state index contributed by atoms with van der Waals surface area (Å²) in [5.41, 5.74) is 4.53. The van der Waals surface area contributed by atoms with Gasteiger partial charge in [0.25, 0.3) is 11.8 Å². The second-order valence-corrected chi connectivity index (χ2v) is 5.97. The first kappa shape index (κ1) is 23.7. The summed E-state index contributed by atoms with van der Waals surface area (Å²) in [6.07, 6.45) is 0. The molecular formula is C21H24F2N2O6. The van der Waals surface area contributed by atoms with Crippen molar-refractivity contribution in [3.05, 3.63) is 47.5 Å². The highest BCUT2D eigenvalue weighted by Gasteiger charge is 2.19. The Balaban J connectivity index is 2.04. The maximum absolute atomic E-state index is 13.5. The fraction of sp³-hybridized carbons (Fsp3) is 0.333. The Kier molecular flexibility index (Phi) is 8.86. The van der Waals surface area contributed by atoms with Crippen molar-refractivity contribution in [1.29, 1.82) is 0 Å². The third-order valence-corrected chi connectivity index (χ3v) is 3.74. The molecule has 0 aliphatic heterocycles. The lowest BCUT2D eigenvalue weighted by Gasteiger charge is -2.17. The minimum Gasteiger partial charge on any atom is -0.490 e. The first-order valence-electron chi connectivity index (χ1n) is 9.63. The quantitative estimate of drug-likeness (QED) is 0.554. The van der Waals surface area contributed by atoms with E-state index in [1.54, 1.807) is 13.8 Å². The molecule has 31 heavy (non-hydrogen) atoms. The zero-order valence-corrected chi connectivity index (χ0v) is 17.4. The van der Waals surface area contributed by atoms with Gasteiger partial charge in [0.1, 0.15) is 5.82 Å². The molecule has 2 aromatic rings. The molecule has 0 fully saturated rings. The van der Waals surface area contributed by atoms with Crippen molar-refractivity contribution in [2.75, 3.05) is 26.4 Å². The molecule has 8 nitrogen and oxygen atoms in total. The van der Waals surface area contributed by atoms with Crippen LogP contribution in [0.1, 0.15) is 31.1 Å². The van der Waals surface area contributed by atoms with Crippen molar-refractivity contribution in [3.63, 3.8) is 0 Å². The highest BCUT2D eigenvalue weighted by atomic mass is 19.1. The van der Waals surface area contributed by atoms with Gasteiger partial charge < -0.3 is 18.9 Å². The monoisotopic (exact) mass is 438 g/mol. The molecule has 2 N–H and O–H groups in total. The van der Waals surface area contributed by atoms with Gasteiger partial charge in [-0.15, -0.1) is 0 Å². The molecule has 2 amide bonds. The van der Waals surface area contributed by atoms with E-state index in [0.717, 1.165) is 12.1 Å². The van der Waals surface area contributed by atoms with Crippen molar-refractivity contribution in [2.45, 2.75) is 20.8 Å². The summed E-state index contributed by atoms with van der Waals surface area (Å²) in [6, 6.07) is 5.61. The van der Waals surface area contributed by atoms with Gasteiger partial charge in [0.2, 0.25) is 5.75 Å². The molecule has 0 unspecified atom stereocenters. The van der Waals surface area contributed by atoms with Gasteiger partial charge in [-0.25, -0.2) is 8.78 Å². The van der Waals surface area contributed by atoms with Gasteiger partial charge in [0.15, 0.2) is 29.7 Å². The molecule has 0 saturated heterocycles. The van der Waals surface area contributed by atoms with E-state index in [-0.39, 0.29) is 11.3 Å². The molecule has 0 bridgehead atoms. The Labute approximate surface area is 178 Å². The van der Waals surface area contributed by atoms with Crippen LogP contribution in [0.15, 0.2) is 30.3 Å². The number of hydrogen-bond acceptors (Lipinski definition) is 6. The Morgan fingerprint density at radius 3 is 1.97 bits per heavy atom. The van der Waals surface area contributed by atoms with Crippen LogP contribution < -0.4 is 29.8 Å². The maximum Gasteiger partial charge on any atom is 0.276 e. The van der Waals surface area contributed by atoms with E-state index < -0.39 is 30.1 Å². The third-order valence-electron chi connectivity index (χ3n) is 3.74. The topological polar surface area (TPSA) is 95.1 Å². The van der Waals surface area contributed by atoms with Gasteiger partial charge in [-0.1, -0.05) is 0 Å². The Morgan fingerprint density at radius 2 is 1.42 bits per heavy atom. The summed E-state index contributed by atoms with van der Waals surface area (Å²) in [7, 11) is 0. The number of hydrogen-bond donors (Lipinski definition) is 2. The Bertz CT molecular complexity index is 896. The lowest BCUT2D eigenvalue weighted by Crippen LogP contribution is -2.43. The predicted molar refractivity (Wildman–Crippen MR) is 107 cm³/mol. The summed E-state index contributed by atoms with van der Waals surface area (Å²) >= 11 is 0. The fourth-order valence-corrected chi connectivity index (χ4v) is 2.49. The van der Waals surface area contributed by atoms with Crippen molar-refractivity contribution in [3.8, 4) is 23.0 Å². The van der Waals surface area contributed by atoms with E-state index >= 15 is 0 Å². The molecule has 0 saturated carbocycles. The Hall–Kier alpha value is -3.56. The smallest absolute Gasteiger partial charge is 0.276 e. The lowest BCUT2D eigenvalue weighted by molar-refractivity contribution is -0.123. The highest BCUT2D eigenvalue weighted by Crippen LogP contribution is 2.39. The van der Waals surface area contributed by atoms with Crippen molar-refractivity contribution in [1.82, 2.24) is 10.9 Å². The number of halogens is 2. The van der Waals surface area contributed by atoms with Gasteiger partial charge in [0.05, 0.1) is 19.8 Å². The molecule has 0 atom stereocenters. The Morgan fingerprint density at radius 1 is 0.806 bits per heavy atom. The van der Waals surface area contributed by atoms with Crippen LogP contribution in [0.3, 0.4) is 0 Å². The van der Waals surface area contributed by atoms with Crippen molar-refractivity contribution >= 4 is 11.8 Å². The summed E-state index contributed by atoms with van der Waals surface area (Å²) in [6.45, 7) is 5.83. The third kappa shape index (κ3) is 6.73. The number of amides is 2. The van der Waals surface area contributed by atoms with E-state index in [2.05, 4.69) is 10.9 Å². The largest absolute Gasteiger partial charge is 0.490 e. The van der Waals surface area contributed by atoms with Crippen molar-refractivity contribution < 1.29 is 37.3 Å². The van der Waals surface area contributed by atoms with E-state index in [0.29, 0.717) is 43.1 Å². The minimum atomic E-state index is -0.946. The van der Waals surface area contributed by atoms with Gasteiger partial charge in [-0.3, -0.25) is 20.4 Å². The van der Waals surface area contributed by atoms with Crippen LogP contribution in [0.4, 0.5) is 8.78 Å². The van der Waals surface area contributed by atoms with Crippen LogP contribution in [0.25, 0.3) is 0 Å². The van der Waals surface area contributed by atoms with Gasteiger partial charge >= 0.3 is 0 Å². The molecule has 0 radical (unpaired) electrons. The number of benzene rings is 2. The average molecular weight is 438 g/mol. The predicted octanol–water partition coefficient (Wildman–Crippen LogP) is 3.00. The molecule has 0 heterocycles. The number of rotatable bonds is 10. The second kappa shape index (κ2) is 11.6. The van der Waals surface area contributed by atoms with Crippen LogP contribution in [0.5, 0.6) is 23.0 Å². The second-order valence-electron chi connectivity index (χ2n) is 5.97. The highest BCUT2D eigenvalue weighted by molar-refractivity contribution is 5.96. The zero-order chi connectivity index (χ0) is 22.8. The lowest BCUT2D eigenvalue weighted by atomic mass is 10.1. The maximum atomic E-state index is 13.5. The zero-order valence-electron chi connectivity index (χ0n) is 17.4. The van der Waals surface area contributed by atoms with E-state index in [9.17, 15) is 18.4 Å². The molecule has 10 heteroatoms. The number of carbonyl (C=O) groups is 2. The summed E-state index contributed by atoms with van der Waals surface area (Å²) in [4.78, 5) is 24.4. The molecule has 2 aromatic carbocycles. The standard InChI is InChI=1S/C21H24F2N2O6/c1-4-28-17-9-13(10-18(29-5-2)20(17)30-6-3)21(27)25-24-19(26)12-31-16-8-7-14(22)11-15(16)23/h7-11H,4-6,12H2,1-3H3,(H,24,26)(H,25,27). The molecular weight excluding hydrogens is 414 g/mol. The van der Waals surface area contributed by atoms with Gasteiger partial charge in [0, 0.05) is 11.6 Å². The minimum absolute atomic E-state index is 0.154. The molecule has 0 aliphatic carbocycles. The van der Waals surface area contributed by atoms with E-state index in [4.69, 9.17) is 18.9 Å². The van der Waals surface area contributed by atoms with E-state index in [1.165, 1.54) is 12.1 Å². The average Bonchev–Trinajstić information content (AvgIpc) is 2.73. The first-order valence-corrected chi connectivity index (χ1v) is 9.63. The van der Waals surface area contributed by atoms with Crippen LogP contribution in [0.2, 0.25) is 0 Å². The molecule has 0 aromatic heterocycles. The normalized spacial score (nSPS) is 10.2. The number of ether oxygens (including phenoxy) is 4. The number of nitrogens with one attached hydrogen (secondary N) is 2. The van der Waals surface area contributed by atoms with Crippen LogP contribution >= 0.6 is 0 Å².